The normalized spacial score (nSPS) is 22.1. The van der Waals surface area contributed by atoms with Crippen LogP contribution in [0.5, 0.6) is 0 Å². The second kappa shape index (κ2) is 7.39. The number of carbonyl (C=O) groups is 1. The Kier molecular flexibility index (Phi) is 5.83. The molecule has 2 aliphatic carbocycles. The fourth-order valence-corrected chi connectivity index (χ4v) is 3.76. The highest BCUT2D eigenvalue weighted by atomic mass is 32.2. The molecule has 0 aliphatic heterocycles. The molecule has 0 radical (unpaired) electrons. The lowest BCUT2D eigenvalue weighted by Crippen LogP contribution is -2.41. The Labute approximate surface area is 114 Å². The van der Waals surface area contributed by atoms with Gasteiger partial charge >= 0.3 is 5.97 Å². The number of carbonyl (C=O) groups excluding carboxylic acids is 1. The van der Waals surface area contributed by atoms with Crippen molar-refractivity contribution in [2.45, 2.75) is 57.5 Å². The third kappa shape index (κ3) is 4.81. The van der Waals surface area contributed by atoms with Gasteiger partial charge < -0.3 is 10.1 Å². The molecule has 0 aromatic rings. The SMILES string of the molecule is CCOC(=O)C(CSCC1CCCC1)NC1CC1. The standard InChI is InChI=1S/C14H25NO2S/c1-2-17-14(16)13(15-12-7-8-12)10-18-9-11-5-3-4-6-11/h11-13,15H,2-10H2,1H3. The maximum atomic E-state index is 11.8. The summed E-state index contributed by atoms with van der Waals surface area (Å²) in [7, 11) is 0. The van der Waals surface area contributed by atoms with Crippen molar-refractivity contribution in [2.75, 3.05) is 18.1 Å². The molecule has 18 heavy (non-hydrogen) atoms. The first-order chi connectivity index (χ1) is 8.79. The van der Waals surface area contributed by atoms with Crippen molar-refractivity contribution in [1.82, 2.24) is 5.32 Å². The summed E-state index contributed by atoms with van der Waals surface area (Å²) in [4.78, 5) is 11.8. The van der Waals surface area contributed by atoms with Crippen LogP contribution in [0.25, 0.3) is 0 Å². The van der Waals surface area contributed by atoms with Crippen LogP contribution in [-0.2, 0) is 9.53 Å². The molecule has 0 aromatic carbocycles. The summed E-state index contributed by atoms with van der Waals surface area (Å²) in [6.07, 6.45) is 7.98. The van der Waals surface area contributed by atoms with Crippen LogP contribution in [0.3, 0.4) is 0 Å². The predicted octanol–water partition coefficient (Wildman–Crippen LogP) is 2.59. The number of thioether (sulfide) groups is 1. The van der Waals surface area contributed by atoms with Crippen molar-refractivity contribution in [2.24, 2.45) is 5.92 Å². The summed E-state index contributed by atoms with van der Waals surface area (Å²) in [5.74, 6) is 2.90. The van der Waals surface area contributed by atoms with Gasteiger partial charge in [-0.05, 0) is 44.3 Å². The average Bonchev–Trinajstić information content (AvgIpc) is 3.02. The lowest BCUT2D eigenvalue weighted by atomic mass is 10.1. The minimum absolute atomic E-state index is 0.0664. The molecule has 0 saturated heterocycles. The van der Waals surface area contributed by atoms with Gasteiger partial charge in [0.05, 0.1) is 6.61 Å². The highest BCUT2D eigenvalue weighted by Crippen LogP contribution is 2.28. The summed E-state index contributed by atoms with van der Waals surface area (Å²) >= 11 is 1.92. The van der Waals surface area contributed by atoms with Crippen LogP contribution in [-0.4, -0.2) is 36.2 Å². The molecule has 1 N–H and O–H groups in total. The topological polar surface area (TPSA) is 38.3 Å². The summed E-state index contributed by atoms with van der Waals surface area (Å²) in [6.45, 7) is 2.35. The smallest absolute Gasteiger partial charge is 0.323 e. The lowest BCUT2D eigenvalue weighted by molar-refractivity contribution is -0.145. The molecule has 2 fully saturated rings. The van der Waals surface area contributed by atoms with Gasteiger partial charge in [-0.2, -0.15) is 11.8 Å². The van der Waals surface area contributed by atoms with Crippen molar-refractivity contribution in [1.29, 1.82) is 0 Å². The summed E-state index contributed by atoms with van der Waals surface area (Å²) in [5, 5.41) is 3.41. The predicted molar refractivity (Wildman–Crippen MR) is 75.9 cm³/mol. The quantitative estimate of drug-likeness (QED) is 0.689. The Morgan fingerprint density at radius 2 is 2.06 bits per heavy atom. The van der Waals surface area contributed by atoms with Crippen LogP contribution in [0.15, 0.2) is 0 Å². The van der Waals surface area contributed by atoms with E-state index in [1.54, 1.807) is 0 Å². The Morgan fingerprint density at radius 3 is 2.67 bits per heavy atom. The molecular weight excluding hydrogens is 246 g/mol. The largest absolute Gasteiger partial charge is 0.465 e. The maximum Gasteiger partial charge on any atom is 0.323 e. The number of hydrogen-bond donors (Lipinski definition) is 1. The van der Waals surface area contributed by atoms with Gasteiger partial charge in [0.15, 0.2) is 0 Å². The van der Waals surface area contributed by atoms with E-state index < -0.39 is 0 Å². The van der Waals surface area contributed by atoms with Crippen LogP contribution >= 0.6 is 11.8 Å². The first-order valence-electron chi connectivity index (χ1n) is 7.30. The van der Waals surface area contributed by atoms with E-state index >= 15 is 0 Å². The van der Waals surface area contributed by atoms with Gasteiger partial charge in [-0.1, -0.05) is 12.8 Å². The minimum atomic E-state index is -0.0937. The van der Waals surface area contributed by atoms with Crippen molar-refractivity contribution < 1.29 is 9.53 Å². The maximum absolute atomic E-state index is 11.8. The van der Waals surface area contributed by atoms with Crippen molar-refractivity contribution in [3.8, 4) is 0 Å². The molecule has 0 amide bonds. The van der Waals surface area contributed by atoms with E-state index in [1.165, 1.54) is 44.3 Å². The van der Waals surface area contributed by atoms with Crippen molar-refractivity contribution >= 4 is 17.7 Å². The van der Waals surface area contributed by atoms with Crippen LogP contribution < -0.4 is 5.32 Å². The molecular formula is C14H25NO2S. The average molecular weight is 271 g/mol. The van der Waals surface area contributed by atoms with E-state index in [1.807, 2.05) is 18.7 Å². The Hall–Kier alpha value is -0.220. The van der Waals surface area contributed by atoms with Gasteiger partial charge in [-0.3, -0.25) is 4.79 Å². The van der Waals surface area contributed by atoms with E-state index in [0.29, 0.717) is 12.6 Å². The lowest BCUT2D eigenvalue weighted by Gasteiger charge is -2.17. The van der Waals surface area contributed by atoms with Gasteiger partial charge in [0, 0.05) is 11.8 Å². The van der Waals surface area contributed by atoms with E-state index in [-0.39, 0.29) is 12.0 Å². The molecule has 2 aliphatic rings. The molecule has 1 unspecified atom stereocenters. The third-order valence-corrected chi connectivity index (χ3v) is 4.97. The van der Waals surface area contributed by atoms with E-state index in [0.717, 1.165) is 11.7 Å². The first kappa shape index (κ1) is 14.2. The Balaban J connectivity index is 1.67. The second-order valence-electron chi connectivity index (χ2n) is 5.43. The number of ether oxygens (including phenoxy) is 1. The van der Waals surface area contributed by atoms with Crippen molar-refractivity contribution in [3.63, 3.8) is 0 Å². The molecule has 0 bridgehead atoms. The first-order valence-corrected chi connectivity index (χ1v) is 8.45. The number of hydrogen-bond acceptors (Lipinski definition) is 4. The molecule has 3 nitrogen and oxygen atoms in total. The fraction of sp³-hybridized carbons (Fsp3) is 0.929. The van der Waals surface area contributed by atoms with Gasteiger partial charge in [0.1, 0.15) is 6.04 Å². The number of rotatable bonds is 8. The minimum Gasteiger partial charge on any atom is -0.465 e. The Bertz CT molecular complexity index is 263. The summed E-state index contributed by atoms with van der Waals surface area (Å²) < 4.78 is 5.14. The highest BCUT2D eigenvalue weighted by molar-refractivity contribution is 7.99. The summed E-state index contributed by atoms with van der Waals surface area (Å²) in [5.41, 5.74) is 0. The molecule has 2 saturated carbocycles. The zero-order valence-corrected chi connectivity index (χ0v) is 12.1. The van der Waals surface area contributed by atoms with E-state index in [4.69, 9.17) is 4.74 Å². The highest BCUT2D eigenvalue weighted by Gasteiger charge is 2.29. The molecule has 1 atom stereocenters. The molecule has 104 valence electrons. The zero-order valence-electron chi connectivity index (χ0n) is 11.3. The van der Waals surface area contributed by atoms with E-state index in [9.17, 15) is 4.79 Å². The Morgan fingerprint density at radius 1 is 1.33 bits per heavy atom. The molecule has 0 spiro atoms. The van der Waals surface area contributed by atoms with Gasteiger partial charge in [-0.25, -0.2) is 0 Å². The van der Waals surface area contributed by atoms with Gasteiger partial charge in [0.2, 0.25) is 0 Å². The third-order valence-electron chi connectivity index (χ3n) is 3.70. The summed E-state index contributed by atoms with van der Waals surface area (Å²) in [6, 6.07) is 0.468. The second-order valence-corrected chi connectivity index (χ2v) is 6.51. The molecule has 0 aromatic heterocycles. The fourth-order valence-electron chi connectivity index (χ4n) is 2.49. The van der Waals surface area contributed by atoms with Crippen LogP contribution in [0, 0.1) is 5.92 Å². The van der Waals surface area contributed by atoms with Gasteiger partial charge in [-0.15, -0.1) is 0 Å². The number of nitrogens with one attached hydrogen (secondary N) is 1. The van der Waals surface area contributed by atoms with Gasteiger partial charge in [0.25, 0.3) is 0 Å². The van der Waals surface area contributed by atoms with Crippen LogP contribution in [0.2, 0.25) is 0 Å². The monoisotopic (exact) mass is 271 g/mol. The molecule has 4 heteroatoms. The van der Waals surface area contributed by atoms with Crippen molar-refractivity contribution in [3.05, 3.63) is 0 Å². The molecule has 2 rings (SSSR count). The van der Waals surface area contributed by atoms with E-state index in [2.05, 4.69) is 5.32 Å². The van der Waals surface area contributed by atoms with Crippen LogP contribution in [0.4, 0.5) is 0 Å². The van der Waals surface area contributed by atoms with Crippen LogP contribution in [0.1, 0.15) is 45.4 Å². The number of esters is 1. The molecule has 0 heterocycles. The zero-order chi connectivity index (χ0) is 12.8.